The molecule has 0 aromatic heterocycles. The van der Waals surface area contributed by atoms with Crippen LogP contribution in [-0.2, 0) is 0 Å². The standard InChI is InChI=1S/C18H22N2O2.ClH/c1-3-16(22-17-10-5-4-7-13(17)2)12-20-18(21)14-8-6-9-15(19)11-14;/h4-11,16H,3,12,19H2,1-2H3,(H,20,21);1H. The van der Waals surface area contributed by atoms with Gasteiger partial charge in [0.25, 0.3) is 5.91 Å². The van der Waals surface area contributed by atoms with Crippen molar-refractivity contribution in [1.29, 1.82) is 0 Å². The van der Waals surface area contributed by atoms with E-state index in [0.29, 0.717) is 17.8 Å². The van der Waals surface area contributed by atoms with Crippen LogP contribution in [-0.4, -0.2) is 18.6 Å². The zero-order valence-electron chi connectivity index (χ0n) is 13.4. The minimum atomic E-state index is -0.140. The second-order valence-corrected chi connectivity index (χ2v) is 5.25. The number of hydrogen-bond acceptors (Lipinski definition) is 3. The minimum absolute atomic E-state index is 0. The zero-order valence-corrected chi connectivity index (χ0v) is 14.2. The van der Waals surface area contributed by atoms with Gasteiger partial charge in [-0.15, -0.1) is 12.4 Å². The highest BCUT2D eigenvalue weighted by Crippen LogP contribution is 2.18. The van der Waals surface area contributed by atoms with E-state index in [1.807, 2.05) is 38.1 Å². The summed E-state index contributed by atoms with van der Waals surface area (Å²) in [5.41, 5.74) is 7.92. The lowest BCUT2D eigenvalue weighted by molar-refractivity contribution is 0.0926. The van der Waals surface area contributed by atoms with Crippen molar-refractivity contribution in [2.75, 3.05) is 12.3 Å². The predicted octanol–water partition coefficient (Wildman–Crippen LogP) is 3.59. The third-order valence-corrected chi connectivity index (χ3v) is 3.48. The van der Waals surface area contributed by atoms with Crippen molar-refractivity contribution in [3.8, 4) is 5.75 Å². The number of halogens is 1. The molecule has 1 atom stereocenters. The molecule has 0 bridgehead atoms. The van der Waals surface area contributed by atoms with Crippen molar-refractivity contribution in [1.82, 2.24) is 5.32 Å². The van der Waals surface area contributed by atoms with Crippen LogP contribution in [0.4, 0.5) is 5.69 Å². The summed E-state index contributed by atoms with van der Waals surface area (Å²) in [5.74, 6) is 0.715. The summed E-state index contributed by atoms with van der Waals surface area (Å²) in [6.07, 6.45) is 0.747. The monoisotopic (exact) mass is 334 g/mol. The van der Waals surface area contributed by atoms with Crippen LogP contribution in [0.3, 0.4) is 0 Å². The fourth-order valence-electron chi connectivity index (χ4n) is 2.13. The van der Waals surface area contributed by atoms with Crippen LogP contribution in [0.1, 0.15) is 29.3 Å². The van der Waals surface area contributed by atoms with Gasteiger partial charge in [0, 0.05) is 11.3 Å². The van der Waals surface area contributed by atoms with Crippen molar-refractivity contribution in [2.24, 2.45) is 0 Å². The normalized spacial score (nSPS) is 11.2. The molecule has 0 saturated carbocycles. The summed E-state index contributed by atoms with van der Waals surface area (Å²) >= 11 is 0. The first-order valence-electron chi connectivity index (χ1n) is 7.46. The molecule has 124 valence electrons. The third kappa shape index (κ3) is 5.49. The van der Waals surface area contributed by atoms with Crippen molar-refractivity contribution in [3.05, 3.63) is 59.7 Å². The van der Waals surface area contributed by atoms with Gasteiger partial charge < -0.3 is 15.8 Å². The number of nitrogen functional groups attached to an aromatic ring is 1. The van der Waals surface area contributed by atoms with E-state index >= 15 is 0 Å². The number of hydrogen-bond donors (Lipinski definition) is 2. The predicted molar refractivity (Wildman–Crippen MR) is 96.3 cm³/mol. The molecular formula is C18H23ClN2O2. The Morgan fingerprint density at radius 2 is 1.96 bits per heavy atom. The first-order chi connectivity index (χ1) is 10.6. The maximum atomic E-state index is 12.1. The van der Waals surface area contributed by atoms with Gasteiger partial charge in [-0.05, 0) is 43.2 Å². The number of nitrogens with one attached hydrogen (secondary N) is 1. The van der Waals surface area contributed by atoms with Gasteiger partial charge in [-0.2, -0.15) is 0 Å². The van der Waals surface area contributed by atoms with E-state index in [4.69, 9.17) is 10.5 Å². The molecule has 2 rings (SSSR count). The second kappa shape index (κ2) is 9.06. The van der Waals surface area contributed by atoms with Crippen LogP contribution < -0.4 is 15.8 Å². The van der Waals surface area contributed by atoms with E-state index in [9.17, 15) is 4.79 Å². The second-order valence-electron chi connectivity index (χ2n) is 5.25. The number of benzene rings is 2. The summed E-state index contributed by atoms with van der Waals surface area (Å²) in [5, 5.41) is 2.90. The summed E-state index contributed by atoms with van der Waals surface area (Å²) in [4.78, 5) is 12.1. The van der Waals surface area contributed by atoms with Crippen LogP contribution >= 0.6 is 12.4 Å². The lowest BCUT2D eigenvalue weighted by atomic mass is 10.2. The van der Waals surface area contributed by atoms with Crippen molar-refractivity contribution < 1.29 is 9.53 Å². The maximum Gasteiger partial charge on any atom is 0.251 e. The molecule has 3 N–H and O–H groups in total. The van der Waals surface area contributed by atoms with Crippen LogP contribution in [0.2, 0.25) is 0 Å². The first-order valence-corrected chi connectivity index (χ1v) is 7.46. The molecule has 23 heavy (non-hydrogen) atoms. The third-order valence-electron chi connectivity index (χ3n) is 3.48. The highest BCUT2D eigenvalue weighted by atomic mass is 35.5. The van der Waals surface area contributed by atoms with E-state index in [-0.39, 0.29) is 24.4 Å². The highest BCUT2D eigenvalue weighted by molar-refractivity contribution is 5.94. The summed E-state index contributed by atoms with van der Waals surface area (Å²) in [7, 11) is 0. The molecule has 0 aliphatic carbocycles. The highest BCUT2D eigenvalue weighted by Gasteiger charge is 2.12. The van der Waals surface area contributed by atoms with Gasteiger partial charge in [-0.1, -0.05) is 31.2 Å². The Labute approximate surface area is 143 Å². The van der Waals surface area contributed by atoms with E-state index in [2.05, 4.69) is 5.32 Å². The number of carbonyl (C=O) groups is 1. The van der Waals surface area contributed by atoms with E-state index < -0.39 is 0 Å². The molecule has 0 aliphatic heterocycles. The SMILES string of the molecule is CCC(CNC(=O)c1cccc(N)c1)Oc1ccccc1C.Cl. The number of nitrogens with two attached hydrogens (primary N) is 1. The maximum absolute atomic E-state index is 12.1. The number of anilines is 1. The van der Waals surface area contributed by atoms with Gasteiger partial charge in [-0.25, -0.2) is 0 Å². The molecular weight excluding hydrogens is 312 g/mol. The van der Waals surface area contributed by atoms with Crippen LogP contribution in [0.5, 0.6) is 5.75 Å². The summed E-state index contributed by atoms with van der Waals surface area (Å²) in [6, 6.07) is 14.8. The van der Waals surface area contributed by atoms with Gasteiger partial charge in [-0.3, -0.25) is 4.79 Å². The number of carbonyl (C=O) groups excluding carboxylic acids is 1. The average molecular weight is 335 g/mol. The van der Waals surface area contributed by atoms with E-state index in [1.54, 1.807) is 24.3 Å². The molecule has 0 saturated heterocycles. The molecule has 0 fully saturated rings. The lowest BCUT2D eigenvalue weighted by Crippen LogP contribution is -2.35. The molecule has 1 amide bonds. The van der Waals surface area contributed by atoms with Crippen molar-refractivity contribution in [3.63, 3.8) is 0 Å². The Kier molecular flexibility index (Phi) is 7.42. The fourth-order valence-corrected chi connectivity index (χ4v) is 2.13. The number of rotatable bonds is 6. The van der Waals surface area contributed by atoms with Gasteiger partial charge in [0.1, 0.15) is 11.9 Å². The number of ether oxygens (including phenoxy) is 1. The Balaban J connectivity index is 0.00000264. The van der Waals surface area contributed by atoms with Crippen LogP contribution in [0, 0.1) is 6.92 Å². The molecule has 2 aromatic carbocycles. The van der Waals surface area contributed by atoms with Gasteiger partial charge in [0.15, 0.2) is 0 Å². The number of aryl methyl sites for hydroxylation is 1. The fraction of sp³-hybridized carbons (Fsp3) is 0.278. The zero-order chi connectivity index (χ0) is 15.9. The summed E-state index contributed by atoms with van der Waals surface area (Å²) < 4.78 is 5.97. The average Bonchev–Trinajstić information content (AvgIpc) is 2.52. The molecule has 5 heteroatoms. The minimum Gasteiger partial charge on any atom is -0.488 e. The Morgan fingerprint density at radius 1 is 1.22 bits per heavy atom. The van der Waals surface area contributed by atoms with Gasteiger partial charge >= 0.3 is 0 Å². The van der Waals surface area contributed by atoms with Gasteiger partial charge in [0.05, 0.1) is 6.54 Å². The Hall–Kier alpha value is -2.20. The lowest BCUT2D eigenvalue weighted by Gasteiger charge is -2.19. The molecule has 0 aliphatic rings. The number of para-hydroxylation sites is 1. The van der Waals surface area contributed by atoms with Crippen LogP contribution in [0.25, 0.3) is 0 Å². The summed E-state index contributed by atoms with van der Waals surface area (Å²) in [6.45, 7) is 4.50. The van der Waals surface area contributed by atoms with Crippen LogP contribution in [0.15, 0.2) is 48.5 Å². The molecule has 0 radical (unpaired) electrons. The first kappa shape index (κ1) is 18.8. The number of amides is 1. The smallest absolute Gasteiger partial charge is 0.251 e. The topological polar surface area (TPSA) is 64.4 Å². The van der Waals surface area contributed by atoms with E-state index in [1.165, 1.54) is 0 Å². The Morgan fingerprint density at radius 3 is 2.61 bits per heavy atom. The largest absolute Gasteiger partial charge is 0.488 e. The molecule has 0 spiro atoms. The molecule has 4 nitrogen and oxygen atoms in total. The van der Waals surface area contributed by atoms with Gasteiger partial charge in [0.2, 0.25) is 0 Å². The molecule has 0 heterocycles. The quantitative estimate of drug-likeness (QED) is 0.793. The molecule has 1 unspecified atom stereocenters. The molecule has 2 aromatic rings. The Bertz CT molecular complexity index is 646. The van der Waals surface area contributed by atoms with E-state index in [0.717, 1.165) is 17.7 Å². The van der Waals surface area contributed by atoms with Crippen molar-refractivity contribution >= 4 is 24.0 Å². The van der Waals surface area contributed by atoms with Crippen molar-refractivity contribution in [2.45, 2.75) is 26.4 Å².